The lowest BCUT2D eigenvalue weighted by molar-refractivity contribution is 1.63. The number of hydrogen-bond donors (Lipinski definition) is 0. The van der Waals surface area contributed by atoms with Crippen molar-refractivity contribution in [2.45, 2.75) is 0 Å². The molecule has 0 saturated heterocycles. The maximum Gasteiger partial charge on any atom is 0.0623 e. The first kappa shape index (κ1) is 26.0. The highest BCUT2D eigenvalue weighted by molar-refractivity contribution is 7.25. The fraction of sp³-hybridized carbons (Fsp3) is 0. The maximum atomic E-state index is 7.96. The molecule has 0 nitrogen and oxygen atoms in total. The Kier molecular flexibility index (Phi) is 6.00. The Hall–Kier alpha value is -6.02. The number of rotatable bonds is 4. The lowest BCUT2D eigenvalue weighted by atomic mass is 9.85. The Labute approximate surface area is 292 Å². The largest absolute Gasteiger partial charge is 0.135 e. The van der Waals surface area contributed by atoms with Crippen molar-refractivity contribution < 1.29 is 2.74 Å². The summed E-state index contributed by atoms with van der Waals surface area (Å²) in [4.78, 5) is 0. The molecule has 0 bridgehead atoms. The van der Waals surface area contributed by atoms with Crippen molar-refractivity contribution in [3.05, 3.63) is 182 Å². The minimum Gasteiger partial charge on any atom is -0.135 e. The topological polar surface area (TPSA) is 0 Å². The molecule has 0 N–H and O–H groups in total. The Morgan fingerprint density at radius 2 is 0.878 bits per heavy atom. The summed E-state index contributed by atoms with van der Waals surface area (Å²) in [5.41, 5.74) is 9.60. The Bertz CT molecular complexity index is 2910. The average molecular weight is 641 g/mol. The van der Waals surface area contributed by atoms with Crippen molar-refractivity contribution in [1.29, 1.82) is 0 Å². The van der Waals surface area contributed by atoms with Crippen LogP contribution in [0.4, 0.5) is 0 Å². The fourth-order valence-corrected chi connectivity index (χ4v) is 8.70. The highest BCUT2D eigenvalue weighted by Gasteiger charge is 2.18. The summed E-state index contributed by atoms with van der Waals surface area (Å²) in [5, 5.41) is 9.78. The molecule has 49 heavy (non-hydrogen) atoms. The van der Waals surface area contributed by atoms with Gasteiger partial charge in [-0.2, -0.15) is 0 Å². The van der Waals surface area contributed by atoms with Crippen molar-refractivity contribution in [1.82, 2.24) is 0 Å². The molecule has 0 aliphatic rings. The van der Waals surface area contributed by atoms with Gasteiger partial charge in [0.2, 0.25) is 0 Å². The van der Waals surface area contributed by atoms with Gasteiger partial charge in [0.1, 0.15) is 0 Å². The van der Waals surface area contributed by atoms with Gasteiger partial charge < -0.3 is 0 Å². The molecular weight excluding hydrogens is 609 g/mol. The van der Waals surface area contributed by atoms with Crippen molar-refractivity contribution >= 4 is 63.8 Å². The predicted molar refractivity (Wildman–Crippen MR) is 214 cm³/mol. The SMILES string of the molecule is [2H]c1ccc(-c2ccc3c(c2)sc2ccc(-c4c5ccccc5c(-c5ccc(-c6ccc7cc([2H])ccc7c6)cc5)c5ccccc45)cc23)cc1. The molecule has 1 aromatic heterocycles. The van der Waals surface area contributed by atoms with E-state index in [9.17, 15) is 0 Å². The minimum absolute atomic E-state index is 0.530. The number of fused-ring (bicyclic) bond motifs is 6. The maximum absolute atomic E-state index is 7.96. The van der Waals surface area contributed by atoms with E-state index >= 15 is 0 Å². The molecule has 0 fully saturated rings. The van der Waals surface area contributed by atoms with Crippen LogP contribution in [0, 0.1) is 0 Å². The van der Waals surface area contributed by atoms with E-state index in [1.165, 1.54) is 80.7 Å². The van der Waals surface area contributed by atoms with Gasteiger partial charge in [0.05, 0.1) is 2.74 Å². The van der Waals surface area contributed by atoms with Crippen LogP contribution < -0.4 is 0 Å². The molecule has 0 radical (unpaired) electrons. The zero-order chi connectivity index (χ0) is 34.1. The van der Waals surface area contributed by atoms with E-state index in [4.69, 9.17) is 2.74 Å². The van der Waals surface area contributed by atoms with Crippen LogP contribution in [0.5, 0.6) is 0 Å². The molecule has 1 heterocycles. The van der Waals surface area contributed by atoms with Gasteiger partial charge in [0, 0.05) is 20.2 Å². The van der Waals surface area contributed by atoms with Crippen LogP contribution in [0.25, 0.3) is 97.0 Å². The van der Waals surface area contributed by atoms with Gasteiger partial charge in [-0.15, -0.1) is 11.3 Å². The van der Waals surface area contributed by atoms with E-state index < -0.39 is 0 Å². The molecule has 9 aromatic carbocycles. The molecule has 0 aliphatic heterocycles. The summed E-state index contributed by atoms with van der Waals surface area (Å²) < 4.78 is 18.4. The second kappa shape index (κ2) is 11.3. The molecule has 10 aromatic rings. The Morgan fingerprint density at radius 1 is 0.306 bits per heavy atom. The summed E-state index contributed by atoms with van der Waals surface area (Å²) in [5.74, 6) is 0. The molecule has 0 atom stereocenters. The van der Waals surface area contributed by atoms with E-state index in [1.807, 2.05) is 53.8 Å². The third-order valence-corrected chi connectivity index (χ3v) is 11.1. The van der Waals surface area contributed by atoms with Crippen LogP contribution in [0.2, 0.25) is 0 Å². The van der Waals surface area contributed by atoms with Gasteiger partial charge in [0.15, 0.2) is 0 Å². The van der Waals surface area contributed by atoms with Crippen molar-refractivity contribution in [3.8, 4) is 44.5 Å². The van der Waals surface area contributed by atoms with Crippen LogP contribution in [-0.4, -0.2) is 0 Å². The fourth-order valence-electron chi connectivity index (χ4n) is 7.58. The molecule has 0 amide bonds. The van der Waals surface area contributed by atoms with Crippen molar-refractivity contribution in [2.75, 3.05) is 0 Å². The van der Waals surface area contributed by atoms with Gasteiger partial charge in [-0.3, -0.25) is 0 Å². The third kappa shape index (κ3) is 4.66. The minimum atomic E-state index is 0.530. The van der Waals surface area contributed by atoms with E-state index in [0.717, 1.165) is 16.3 Å². The van der Waals surface area contributed by atoms with Crippen LogP contribution >= 0.6 is 11.3 Å². The van der Waals surface area contributed by atoms with Crippen LogP contribution in [0.3, 0.4) is 0 Å². The van der Waals surface area contributed by atoms with E-state index in [1.54, 1.807) is 0 Å². The average Bonchev–Trinajstić information content (AvgIpc) is 3.54. The quantitative estimate of drug-likeness (QED) is 0.168. The summed E-state index contributed by atoms with van der Waals surface area (Å²) in [6.45, 7) is 0. The van der Waals surface area contributed by atoms with E-state index in [-0.39, 0.29) is 0 Å². The van der Waals surface area contributed by atoms with Gasteiger partial charge in [-0.25, -0.2) is 0 Å². The van der Waals surface area contributed by atoms with Crippen LogP contribution in [0.1, 0.15) is 2.74 Å². The van der Waals surface area contributed by atoms with Gasteiger partial charge >= 0.3 is 0 Å². The summed E-state index contributed by atoms with van der Waals surface area (Å²) in [6, 6.07) is 61.6. The zero-order valence-corrected chi connectivity index (χ0v) is 27.4. The second-order valence-electron chi connectivity index (χ2n) is 12.7. The zero-order valence-electron chi connectivity index (χ0n) is 28.6. The number of benzene rings is 9. The van der Waals surface area contributed by atoms with Crippen molar-refractivity contribution in [2.24, 2.45) is 0 Å². The van der Waals surface area contributed by atoms with Crippen LogP contribution in [-0.2, 0) is 0 Å². The molecule has 0 saturated carbocycles. The lowest BCUT2D eigenvalue weighted by Gasteiger charge is -2.18. The molecular formula is C48H30S. The first-order chi connectivity index (χ1) is 25.1. The highest BCUT2D eigenvalue weighted by Crippen LogP contribution is 2.46. The lowest BCUT2D eigenvalue weighted by Crippen LogP contribution is -1.91. The Balaban J connectivity index is 1.11. The number of thiophene rings is 1. The first-order valence-electron chi connectivity index (χ1n) is 17.7. The molecule has 0 aliphatic carbocycles. The normalized spacial score (nSPS) is 12.2. The molecule has 228 valence electrons. The molecule has 1 heteroatoms. The predicted octanol–water partition coefficient (Wildman–Crippen LogP) is 14.2. The van der Waals surface area contributed by atoms with Crippen LogP contribution in [0.15, 0.2) is 182 Å². The molecule has 0 spiro atoms. The summed E-state index contributed by atoms with van der Waals surface area (Å²) in [7, 11) is 0. The highest BCUT2D eigenvalue weighted by atomic mass is 32.1. The van der Waals surface area contributed by atoms with E-state index in [2.05, 4.69) is 127 Å². The summed E-state index contributed by atoms with van der Waals surface area (Å²) in [6.07, 6.45) is 0. The van der Waals surface area contributed by atoms with Gasteiger partial charge in [0.25, 0.3) is 0 Å². The first-order valence-corrected chi connectivity index (χ1v) is 17.5. The molecule has 10 rings (SSSR count). The number of hydrogen-bond acceptors (Lipinski definition) is 1. The van der Waals surface area contributed by atoms with Gasteiger partial charge in [-0.1, -0.05) is 158 Å². The smallest absolute Gasteiger partial charge is 0.0623 e. The van der Waals surface area contributed by atoms with Gasteiger partial charge in [-0.05, 0) is 101 Å². The second-order valence-corrected chi connectivity index (χ2v) is 13.8. The monoisotopic (exact) mass is 640 g/mol. The Morgan fingerprint density at radius 3 is 1.61 bits per heavy atom. The summed E-state index contributed by atoms with van der Waals surface area (Å²) >= 11 is 1.84. The van der Waals surface area contributed by atoms with Crippen molar-refractivity contribution in [3.63, 3.8) is 0 Å². The standard InChI is InChI=1S/C48H30S/c1-2-10-31(11-3-1)37-24-26-39-44-29-38(25-27-45(44)49-46(39)30-37)48-42-16-8-6-14-40(42)47(41-15-7-9-17-43(41)48)34-21-18-33(19-22-34)36-23-20-32-12-4-5-13-35(32)28-36/h1-30H/i1D,4D. The molecule has 0 unspecified atom stereocenters. The van der Waals surface area contributed by atoms with E-state index in [0.29, 0.717) is 12.1 Å². The third-order valence-electron chi connectivity index (χ3n) is 9.93.